The first kappa shape index (κ1) is 9.32. The summed E-state index contributed by atoms with van der Waals surface area (Å²) in [5.41, 5.74) is 5.53. The number of allylic oxidation sites excluding steroid dienone is 4. The molecule has 1 heteroatoms. The van der Waals surface area contributed by atoms with E-state index in [0.717, 1.165) is 6.42 Å². The van der Waals surface area contributed by atoms with Crippen molar-refractivity contribution < 1.29 is 0 Å². The standard InChI is InChI=1S/C13H17N/c1-9-10(2)13(14-11(9)3)8-12-6-4-5-7-12/h4-7,12,14H,8H2,1-3H3. The molecule has 1 aliphatic carbocycles. The quantitative estimate of drug-likeness (QED) is 0.731. The number of aromatic amines is 1. The number of hydrogen-bond donors (Lipinski definition) is 1. The third kappa shape index (κ3) is 1.54. The molecule has 2 rings (SSSR count). The van der Waals surface area contributed by atoms with E-state index in [-0.39, 0.29) is 0 Å². The molecule has 0 radical (unpaired) electrons. The van der Waals surface area contributed by atoms with Crippen LogP contribution in [0.4, 0.5) is 0 Å². The van der Waals surface area contributed by atoms with Gasteiger partial charge in [0.1, 0.15) is 0 Å². The topological polar surface area (TPSA) is 15.8 Å². The van der Waals surface area contributed by atoms with Gasteiger partial charge in [0.05, 0.1) is 0 Å². The van der Waals surface area contributed by atoms with Gasteiger partial charge in [-0.25, -0.2) is 0 Å². The molecule has 0 spiro atoms. The van der Waals surface area contributed by atoms with Gasteiger partial charge in [0.25, 0.3) is 0 Å². The molecular weight excluding hydrogens is 170 g/mol. The van der Waals surface area contributed by atoms with E-state index in [1.165, 1.54) is 22.5 Å². The maximum Gasteiger partial charge on any atom is 0.0190 e. The Morgan fingerprint density at radius 2 is 1.71 bits per heavy atom. The molecule has 0 saturated carbocycles. The molecule has 0 bridgehead atoms. The van der Waals surface area contributed by atoms with Crippen molar-refractivity contribution in [2.75, 3.05) is 0 Å². The van der Waals surface area contributed by atoms with Crippen LogP contribution in [0.25, 0.3) is 0 Å². The Hall–Kier alpha value is -1.24. The number of hydrogen-bond acceptors (Lipinski definition) is 0. The lowest BCUT2D eigenvalue weighted by atomic mass is 10.0. The van der Waals surface area contributed by atoms with Crippen LogP contribution in [0.3, 0.4) is 0 Å². The Kier molecular flexibility index (Phi) is 2.32. The predicted octanol–water partition coefficient (Wildman–Crippen LogP) is 3.22. The lowest BCUT2D eigenvalue weighted by Gasteiger charge is -2.04. The first-order chi connectivity index (χ1) is 6.68. The molecule has 0 amide bonds. The molecule has 0 saturated heterocycles. The van der Waals surface area contributed by atoms with Crippen molar-refractivity contribution in [1.82, 2.24) is 4.98 Å². The molecule has 0 atom stereocenters. The van der Waals surface area contributed by atoms with Crippen molar-refractivity contribution in [3.05, 3.63) is 46.8 Å². The van der Waals surface area contributed by atoms with E-state index < -0.39 is 0 Å². The highest BCUT2D eigenvalue weighted by Gasteiger charge is 2.11. The Balaban J connectivity index is 2.20. The van der Waals surface area contributed by atoms with E-state index in [1.54, 1.807) is 0 Å². The largest absolute Gasteiger partial charge is 0.362 e. The molecule has 0 fully saturated rings. The van der Waals surface area contributed by atoms with Crippen molar-refractivity contribution in [3.8, 4) is 0 Å². The highest BCUT2D eigenvalue weighted by Crippen LogP contribution is 2.21. The van der Waals surface area contributed by atoms with Crippen molar-refractivity contribution in [2.45, 2.75) is 27.2 Å². The maximum atomic E-state index is 3.47. The van der Waals surface area contributed by atoms with Crippen LogP contribution in [0.15, 0.2) is 24.3 Å². The summed E-state index contributed by atoms with van der Waals surface area (Å²) in [5.74, 6) is 0.589. The van der Waals surface area contributed by atoms with Crippen LogP contribution < -0.4 is 0 Å². The molecule has 1 heterocycles. The van der Waals surface area contributed by atoms with E-state index in [2.05, 4.69) is 50.1 Å². The van der Waals surface area contributed by atoms with Gasteiger partial charge in [-0.05, 0) is 38.3 Å². The van der Waals surface area contributed by atoms with Crippen molar-refractivity contribution in [2.24, 2.45) is 5.92 Å². The zero-order valence-electron chi connectivity index (χ0n) is 9.09. The normalized spacial score (nSPS) is 15.6. The maximum absolute atomic E-state index is 3.47. The Labute approximate surface area is 85.5 Å². The molecule has 1 nitrogen and oxygen atoms in total. The second-order valence-electron chi connectivity index (χ2n) is 4.12. The van der Waals surface area contributed by atoms with Gasteiger partial charge in [0.2, 0.25) is 0 Å². The van der Waals surface area contributed by atoms with Gasteiger partial charge < -0.3 is 4.98 Å². The van der Waals surface area contributed by atoms with Crippen LogP contribution in [0.2, 0.25) is 0 Å². The third-order valence-corrected chi connectivity index (χ3v) is 3.18. The number of nitrogens with one attached hydrogen (secondary N) is 1. The molecule has 1 aromatic heterocycles. The second kappa shape index (κ2) is 3.49. The van der Waals surface area contributed by atoms with Crippen molar-refractivity contribution in [3.63, 3.8) is 0 Å². The summed E-state index contributed by atoms with van der Waals surface area (Å²) in [6.45, 7) is 6.54. The third-order valence-electron chi connectivity index (χ3n) is 3.18. The van der Waals surface area contributed by atoms with Gasteiger partial charge in [-0.3, -0.25) is 0 Å². The average Bonchev–Trinajstić information content (AvgIpc) is 2.73. The average molecular weight is 187 g/mol. The number of aryl methyl sites for hydroxylation is 1. The molecule has 14 heavy (non-hydrogen) atoms. The van der Waals surface area contributed by atoms with Gasteiger partial charge in [0.15, 0.2) is 0 Å². The van der Waals surface area contributed by atoms with Crippen LogP contribution in [-0.2, 0) is 6.42 Å². The van der Waals surface area contributed by atoms with Crippen LogP contribution in [0, 0.1) is 26.7 Å². The van der Waals surface area contributed by atoms with Gasteiger partial charge in [-0.1, -0.05) is 24.3 Å². The summed E-state index contributed by atoms with van der Waals surface area (Å²) in [6, 6.07) is 0. The molecule has 1 aromatic rings. The Bertz CT molecular complexity index is 382. The lowest BCUT2D eigenvalue weighted by Crippen LogP contribution is -1.97. The van der Waals surface area contributed by atoms with Crippen LogP contribution >= 0.6 is 0 Å². The summed E-state index contributed by atoms with van der Waals surface area (Å²) in [5, 5.41) is 0. The molecule has 0 aliphatic heterocycles. The number of rotatable bonds is 2. The lowest BCUT2D eigenvalue weighted by molar-refractivity contribution is 0.788. The van der Waals surface area contributed by atoms with Gasteiger partial charge in [-0.15, -0.1) is 0 Å². The Morgan fingerprint density at radius 3 is 2.21 bits per heavy atom. The minimum atomic E-state index is 0.589. The second-order valence-corrected chi connectivity index (χ2v) is 4.12. The molecule has 74 valence electrons. The molecular formula is C13H17N. The number of H-pyrrole nitrogens is 1. The summed E-state index contributed by atoms with van der Waals surface area (Å²) in [6.07, 6.45) is 9.87. The summed E-state index contributed by atoms with van der Waals surface area (Å²) in [7, 11) is 0. The van der Waals surface area contributed by atoms with Gasteiger partial charge in [-0.2, -0.15) is 0 Å². The molecule has 1 N–H and O–H groups in total. The zero-order chi connectivity index (χ0) is 10.1. The summed E-state index contributed by atoms with van der Waals surface area (Å²) >= 11 is 0. The van der Waals surface area contributed by atoms with E-state index >= 15 is 0 Å². The molecule has 0 unspecified atom stereocenters. The van der Waals surface area contributed by atoms with E-state index in [0.29, 0.717) is 5.92 Å². The van der Waals surface area contributed by atoms with Crippen molar-refractivity contribution in [1.29, 1.82) is 0 Å². The minimum Gasteiger partial charge on any atom is -0.362 e. The first-order valence-electron chi connectivity index (χ1n) is 5.18. The highest BCUT2D eigenvalue weighted by molar-refractivity contribution is 5.35. The zero-order valence-corrected chi connectivity index (χ0v) is 9.09. The van der Waals surface area contributed by atoms with Gasteiger partial charge in [0, 0.05) is 17.3 Å². The van der Waals surface area contributed by atoms with Crippen LogP contribution in [-0.4, -0.2) is 4.98 Å². The fourth-order valence-corrected chi connectivity index (χ4v) is 1.98. The number of aromatic nitrogens is 1. The SMILES string of the molecule is Cc1[nH]c(CC2C=CC=C2)c(C)c1C. The fourth-order valence-electron chi connectivity index (χ4n) is 1.98. The Morgan fingerprint density at radius 1 is 1.07 bits per heavy atom. The summed E-state index contributed by atoms with van der Waals surface area (Å²) in [4.78, 5) is 3.47. The first-order valence-corrected chi connectivity index (χ1v) is 5.18. The molecule has 0 aromatic carbocycles. The molecule has 1 aliphatic rings. The minimum absolute atomic E-state index is 0.589. The fraction of sp³-hybridized carbons (Fsp3) is 0.385. The summed E-state index contributed by atoms with van der Waals surface area (Å²) < 4.78 is 0. The van der Waals surface area contributed by atoms with E-state index in [9.17, 15) is 0 Å². The predicted molar refractivity (Wildman–Crippen MR) is 60.5 cm³/mol. The van der Waals surface area contributed by atoms with Gasteiger partial charge >= 0.3 is 0 Å². The van der Waals surface area contributed by atoms with E-state index in [1.807, 2.05) is 0 Å². The smallest absolute Gasteiger partial charge is 0.0190 e. The van der Waals surface area contributed by atoms with Crippen LogP contribution in [0.5, 0.6) is 0 Å². The highest BCUT2D eigenvalue weighted by atomic mass is 14.7. The van der Waals surface area contributed by atoms with Crippen LogP contribution in [0.1, 0.15) is 22.5 Å². The monoisotopic (exact) mass is 187 g/mol. The van der Waals surface area contributed by atoms with Crippen molar-refractivity contribution >= 4 is 0 Å². The van der Waals surface area contributed by atoms with E-state index in [4.69, 9.17) is 0 Å².